The van der Waals surface area contributed by atoms with E-state index in [2.05, 4.69) is 10.3 Å². The van der Waals surface area contributed by atoms with Crippen molar-refractivity contribution in [1.29, 1.82) is 0 Å². The first kappa shape index (κ1) is 19.1. The van der Waals surface area contributed by atoms with Crippen LogP contribution in [-0.4, -0.2) is 24.0 Å². The van der Waals surface area contributed by atoms with Crippen molar-refractivity contribution in [3.63, 3.8) is 0 Å². The molecular weight excluding hydrogens is 367 g/mol. The molecule has 7 nitrogen and oxygen atoms in total. The quantitative estimate of drug-likeness (QED) is 0.630. The number of aromatic nitrogens is 1. The van der Waals surface area contributed by atoms with Gasteiger partial charge in [-0.1, -0.05) is 30.3 Å². The smallest absolute Gasteiger partial charge is 0.333 e. The summed E-state index contributed by atoms with van der Waals surface area (Å²) in [4.78, 5) is 28.5. The van der Waals surface area contributed by atoms with Crippen LogP contribution in [0.15, 0.2) is 65.3 Å². The highest BCUT2D eigenvalue weighted by atomic mass is 19.1. The zero-order valence-corrected chi connectivity index (χ0v) is 14.9. The van der Waals surface area contributed by atoms with E-state index < -0.39 is 17.9 Å². The minimum atomic E-state index is -0.977. The third-order valence-electron chi connectivity index (χ3n) is 3.81. The fraction of sp³-hybridized carbons (Fsp3) is 0.150. The number of esters is 1. The summed E-state index contributed by atoms with van der Waals surface area (Å²) in [6.45, 7) is -0.0436. The molecule has 8 heteroatoms. The number of nitrogens with one attached hydrogen (secondary N) is 1. The molecule has 1 N–H and O–H groups in total. The van der Waals surface area contributed by atoms with Crippen molar-refractivity contribution in [2.75, 3.05) is 7.11 Å². The number of nitrogens with zero attached hydrogens (tertiary/aromatic N) is 1. The fourth-order valence-electron chi connectivity index (χ4n) is 2.40. The minimum absolute atomic E-state index is 0.0115. The standard InChI is InChI=1S/C20H17FN2O5/c1-26-20(25)18(13-5-3-2-4-6-13)23-19(24)16-11-28-17(22-16)12-27-15-9-7-14(21)8-10-15/h2-11,18H,12H2,1H3,(H,23,24)/t18-/m0/s1. The van der Waals surface area contributed by atoms with Gasteiger partial charge in [-0.15, -0.1) is 0 Å². The molecule has 1 aromatic heterocycles. The van der Waals surface area contributed by atoms with Crippen molar-refractivity contribution in [2.24, 2.45) is 0 Å². The van der Waals surface area contributed by atoms with E-state index >= 15 is 0 Å². The van der Waals surface area contributed by atoms with Crippen molar-refractivity contribution >= 4 is 11.9 Å². The Labute approximate surface area is 160 Å². The maximum atomic E-state index is 12.9. The van der Waals surface area contributed by atoms with Crippen LogP contribution in [0.5, 0.6) is 5.75 Å². The number of hydrogen-bond donors (Lipinski definition) is 1. The summed E-state index contributed by atoms with van der Waals surface area (Å²) in [6, 6.07) is 13.2. The lowest BCUT2D eigenvalue weighted by Crippen LogP contribution is -2.34. The summed E-state index contributed by atoms with van der Waals surface area (Å²) < 4.78 is 28.3. The largest absolute Gasteiger partial charge is 0.484 e. The maximum absolute atomic E-state index is 12.9. The van der Waals surface area contributed by atoms with Crippen LogP contribution >= 0.6 is 0 Å². The molecule has 1 atom stereocenters. The predicted molar refractivity (Wildman–Crippen MR) is 95.9 cm³/mol. The van der Waals surface area contributed by atoms with E-state index in [4.69, 9.17) is 13.9 Å². The molecule has 1 amide bonds. The van der Waals surface area contributed by atoms with E-state index in [-0.39, 0.29) is 24.0 Å². The van der Waals surface area contributed by atoms with Crippen LogP contribution in [0.3, 0.4) is 0 Å². The molecule has 0 aliphatic carbocycles. The number of benzene rings is 2. The van der Waals surface area contributed by atoms with Gasteiger partial charge in [-0.05, 0) is 29.8 Å². The van der Waals surface area contributed by atoms with Crippen molar-refractivity contribution in [3.8, 4) is 5.75 Å². The summed E-state index contributed by atoms with van der Waals surface area (Å²) in [5.41, 5.74) is 0.564. The first-order chi connectivity index (χ1) is 13.6. The van der Waals surface area contributed by atoms with Crippen LogP contribution in [0.4, 0.5) is 4.39 Å². The van der Waals surface area contributed by atoms with Gasteiger partial charge in [0.2, 0.25) is 5.89 Å². The number of amides is 1. The van der Waals surface area contributed by atoms with Gasteiger partial charge in [0.1, 0.15) is 17.8 Å². The molecule has 0 unspecified atom stereocenters. The minimum Gasteiger partial charge on any atom is -0.484 e. The molecule has 0 saturated carbocycles. The molecule has 3 aromatic rings. The Morgan fingerprint density at radius 2 is 1.86 bits per heavy atom. The van der Waals surface area contributed by atoms with Crippen molar-refractivity contribution in [2.45, 2.75) is 12.6 Å². The van der Waals surface area contributed by atoms with Crippen molar-refractivity contribution in [1.82, 2.24) is 10.3 Å². The Morgan fingerprint density at radius 3 is 2.54 bits per heavy atom. The summed E-state index contributed by atoms with van der Waals surface area (Å²) in [6.07, 6.45) is 1.16. The summed E-state index contributed by atoms with van der Waals surface area (Å²) in [7, 11) is 1.24. The molecule has 0 aliphatic rings. The van der Waals surface area contributed by atoms with Gasteiger partial charge in [-0.2, -0.15) is 0 Å². The highest BCUT2D eigenvalue weighted by Crippen LogP contribution is 2.16. The first-order valence-corrected chi connectivity index (χ1v) is 8.33. The third kappa shape index (κ3) is 4.73. The SMILES string of the molecule is COC(=O)[C@@H](NC(=O)c1coc(COc2ccc(F)cc2)n1)c1ccccc1. The fourth-order valence-corrected chi connectivity index (χ4v) is 2.40. The van der Waals surface area contributed by atoms with E-state index in [0.717, 1.165) is 6.26 Å². The Balaban J connectivity index is 1.65. The van der Waals surface area contributed by atoms with Gasteiger partial charge in [0.15, 0.2) is 18.3 Å². The number of ether oxygens (including phenoxy) is 2. The maximum Gasteiger partial charge on any atom is 0.333 e. The highest BCUT2D eigenvalue weighted by Gasteiger charge is 2.25. The Bertz CT molecular complexity index is 941. The molecule has 144 valence electrons. The molecular formula is C20H17FN2O5. The number of carbonyl (C=O) groups excluding carboxylic acids is 2. The van der Waals surface area contributed by atoms with Crippen LogP contribution < -0.4 is 10.1 Å². The van der Waals surface area contributed by atoms with Gasteiger partial charge >= 0.3 is 5.97 Å². The Morgan fingerprint density at radius 1 is 1.14 bits per heavy atom. The molecule has 0 aliphatic heterocycles. The van der Waals surface area contributed by atoms with Gasteiger partial charge in [-0.25, -0.2) is 14.2 Å². The number of halogens is 1. The highest BCUT2D eigenvalue weighted by molar-refractivity contribution is 5.95. The molecule has 0 radical (unpaired) electrons. The first-order valence-electron chi connectivity index (χ1n) is 8.33. The monoisotopic (exact) mass is 384 g/mol. The number of hydrogen-bond acceptors (Lipinski definition) is 6. The van der Waals surface area contributed by atoms with Gasteiger partial charge < -0.3 is 19.2 Å². The van der Waals surface area contributed by atoms with Crippen LogP contribution in [0.2, 0.25) is 0 Å². The lowest BCUT2D eigenvalue weighted by molar-refractivity contribution is -0.143. The van der Waals surface area contributed by atoms with E-state index in [1.54, 1.807) is 30.3 Å². The molecule has 1 heterocycles. The second kappa shape index (κ2) is 8.81. The Hall–Kier alpha value is -3.68. The zero-order chi connectivity index (χ0) is 19.9. The molecule has 0 saturated heterocycles. The number of rotatable bonds is 7. The van der Waals surface area contributed by atoms with Crippen molar-refractivity contribution in [3.05, 3.63) is 83.8 Å². The molecule has 2 aromatic carbocycles. The molecule has 28 heavy (non-hydrogen) atoms. The van der Waals surface area contributed by atoms with Gasteiger partial charge in [-0.3, -0.25) is 4.79 Å². The lowest BCUT2D eigenvalue weighted by atomic mass is 10.1. The lowest BCUT2D eigenvalue weighted by Gasteiger charge is -2.15. The van der Waals surface area contributed by atoms with E-state index in [0.29, 0.717) is 11.3 Å². The zero-order valence-electron chi connectivity index (χ0n) is 14.9. The van der Waals surface area contributed by atoms with Gasteiger partial charge in [0.25, 0.3) is 5.91 Å². The molecule has 0 bridgehead atoms. The van der Waals surface area contributed by atoms with Crippen molar-refractivity contribution < 1.29 is 27.9 Å². The van der Waals surface area contributed by atoms with Gasteiger partial charge in [0, 0.05) is 0 Å². The molecule has 3 rings (SSSR count). The average molecular weight is 384 g/mol. The summed E-state index contributed by atoms with van der Waals surface area (Å²) in [5, 5.41) is 2.58. The predicted octanol–water partition coefficient (Wildman–Crippen LogP) is 3.04. The second-order valence-corrected chi connectivity index (χ2v) is 5.71. The molecule has 0 fully saturated rings. The number of oxazole rings is 1. The average Bonchev–Trinajstić information content (AvgIpc) is 3.21. The van der Waals surface area contributed by atoms with E-state index in [9.17, 15) is 14.0 Å². The van der Waals surface area contributed by atoms with Gasteiger partial charge in [0.05, 0.1) is 7.11 Å². The molecule has 0 spiro atoms. The topological polar surface area (TPSA) is 90.7 Å². The van der Waals surface area contributed by atoms with E-state index in [1.165, 1.54) is 31.4 Å². The Kier molecular flexibility index (Phi) is 6.01. The second-order valence-electron chi connectivity index (χ2n) is 5.71. The van der Waals surface area contributed by atoms with Crippen LogP contribution in [0.25, 0.3) is 0 Å². The van der Waals surface area contributed by atoms with Crippen LogP contribution in [-0.2, 0) is 16.1 Å². The van der Waals surface area contributed by atoms with Crippen LogP contribution in [0, 0.1) is 5.82 Å². The van der Waals surface area contributed by atoms with E-state index in [1.807, 2.05) is 0 Å². The number of carbonyl (C=O) groups is 2. The number of methoxy groups -OCH3 is 1. The third-order valence-corrected chi connectivity index (χ3v) is 3.81. The van der Waals surface area contributed by atoms with Crippen LogP contribution in [0.1, 0.15) is 28.0 Å². The summed E-state index contributed by atoms with van der Waals surface area (Å²) in [5.74, 6) is -0.996. The normalized spacial score (nSPS) is 11.5. The summed E-state index contributed by atoms with van der Waals surface area (Å²) >= 11 is 0.